The SMILES string of the molecule is Cn1nccc1[C@]12CCCC[C@H]1OC(=O)O2. The van der Waals surface area contributed by atoms with E-state index in [0.29, 0.717) is 0 Å². The molecule has 1 aliphatic carbocycles. The molecule has 86 valence electrons. The van der Waals surface area contributed by atoms with E-state index in [1.807, 2.05) is 13.1 Å². The van der Waals surface area contributed by atoms with Crippen molar-refractivity contribution in [2.45, 2.75) is 37.4 Å². The normalized spacial score (nSPS) is 33.1. The summed E-state index contributed by atoms with van der Waals surface area (Å²) in [4.78, 5) is 11.3. The van der Waals surface area contributed by atoms with E-state index in [-0.39, 0.29) is 6.10 Å². The summed E-state index contributed by atoms with van der Waals surface area (Å²) in [6, 6.07) is 1.90. The van der Waals surface area contributed by atoms with Gasteiger partial charge in [0.2, 0.25) is 0 Å². The summed E-state index contributed by atoms with van der Waals surface area (Å²) in [6.45, 7) is 0. The molecule has 5 heteroatoms. The number of nitrogens with zero attached hydrogens (tertiary/aromatic N) is 2. The average Bonchev–Trinajstić information content (AvgIpc) is 2.80. The molecule has 0 bridgehead atoms. The summed E-state index contributed by atoms with van der Waals surface area (Å²) >= 11 is 0. The molecule has 2 aliphatic rings. The Morgan fingerprint density at radius 2 is 2.44 bits per heavy atom. The number of rotatable bonds is 1. The van der Waals surface area contributed by atoms with Crippen molar-refractivity contribution in [3.8, 4) is 0 Å². The lowest BCUT2D eigenvalue weighted by Gasteiger charge is -2.34. The van der Waals surface area contributed by atoms with E-state index in [0.717, 1.165) is 31.4 Å². The van der Waals surface area contributed by atoms with Crippen LogP contribution in [0.3, 0.4) is 0 Å². The minimum atomic E-state index is -0.597. The Bertz CT molecular complexity index is 429. The molecule has 1 aromatic rings. The molecule has 2 fully saturated rings. The third-order valence-corrected chi connectivity index (χ3v) is 3.54. The minimum absolute atomic E-state index is 0.149. The lowest BCUT2D eigenvalue weighted by molar-refractivity contribution is -0.0140. The smallest absolute Gasteiger partial charge is 0.426 e. The summed E-state index contributed by atoms with van der Waals surface area (Å²) in [5.74, 6) is 0. The molecule has 0 unspecified atom stereocenters. The molecule has 1 saturated heterocycles. The largest absolute Gasteiger partial charge is 0.509 e. The molecular weight excluding hydrogens is 208 g/mol. The zero-order valence-corrected chi connectivity index (χ0v) is 9.18. The first-order chi connectivity index (χ1) is 7.72. The maximum atomic E-state index is 11.3. The van der Waals surface area contributed by atoms with Gasteiger partial charge < -0.3 is 9.47 Å². The zero-order valence-electron chi connectivity index (χ0n) is 9.18. The molecule has 0 amide bonds. The second kappa shape index (κ2) is 3.23. The summed E-state index contributed by atoms with van der Waals surface area (Å²) < 4.78 is 12.5. The zero-order chi connectivity index (χ0) is 11.2. The van der Waals surface area contributed by atoms with Crippen LogP contribution < -0.4 is 0 Å². The number of aromatic nitrogens is 2. The van der Waals surface area contributed by atoms with E-state index < -0.39 is 11.8 Å². The Balaban J connectivity index is 2.06. The molecule has 0 aromatic carbocycles. The van der Waals surface area contributed by atoms with Gasteiger partial charge in [-0.2, -0.15) is 5.10 Å². The van der Waals surface area contributed by atoms with Crippen molar-refractivity contribution in [2.24, 2.45) is 7.05 Å². The molecule has 0 radical (unpaired) electrons. The highest BCUT2D eigenvalue weighted by molar-refractivity contribution is 5.64. The van der Waals surface area contributed by atoms with Gasteiger partial charge in [0.25, 0.3) is 0 Å². The van der Waals surface area contributed by atoms with E-state index in [1.54, 1.807) is 10.9 Å². The number of aryl methyl sites for hydroxylation is 1. The first kappa shape index (κ1) is 9.69. The maximum absolute atomic E-state index is 11.3. The van der Waals surface area contributed by atoms with Crippen LogP contribution in [0, 0.1) is 0 Å². The first-order valence-electron chi connectivity index (χ1n) is 5.60. The lowest BCUT2D eigenvalue weighted by Crippen LogP contribution is -2.41. The predicted octanol–water partition coefficient (Wildman–Crippen LogP) is 1.72. The Labute approximate surface area is 93.3 Å². The van der Waals surface area contributed by atoms with Crippen molar-refractivity contribution < 1.29 is 14.3 Å². The van der Waals surface area contributed by atoms with Crippen LogP contribution >= 0.6 is 0 Å². The Kier molecular flexibility index (Phi) is 1.96. The van der Waals surface area contributed by atoms with Crippen LogP contribution in [0.25, 0.3) is 0 Å². The van der Waals surface area contributed by atoms with Crippen molar-refractivity contribution in [1.82, 2.24) is 9.78 Å². The van der Waals surface area contributed by atoms with E-state index >= 15 is 0 Å². The molecule has 2 atom stereocenters. The number of hydrogen-bond donors (Lipinski definition) is 0. The molecule has 16 heavy (non-hydrogen) atoms. The van der Waals surface area contributed by atoms with Gasteiger partial charge in [0, 0.05) is 13.2 Å². The standard InChI is InChI=1S/C11H14N2O3/c1-13-8(5-7-12-13)11-6-3-2-4-9(11)15-10(14)16-11/h5,7,9H,2-4,6H2,1H3/t9-,11-/m1/s1. The highest BCUT2D eigenvalue weighted by Gasteiger charge is 2.55. The van der Waals surface area contributed by atoms with Gasteiger partial charge in [0.05, 0.1) is 5.69 Å². The number of ether oxygens (including phenoxy) is 2. The van der Waals surface area contributed by atoms with Crippen LogP contribution in [-0.4, -0.2) is 22.0 Å². The third kappa shape index (κ3) is 1.17. The number of hydrogen-bond acceptors (Lipinski definition) is 4. The van der Waals surface area contributed by atoms with E-state index in [1.165, 1.54) is 0 Å². The fourth-order valence-corrected chi connectivity index (χ4v) is 2.81. The van der Waals surface area contributed by atoms with Gasteiger partial charge in [-0.3, -0.25) is 4.68 Å². The van der Waals surface area contributed by atoms with Crippen molar-refractivity contribution in [2.75, 3.05) is 0 Å². The average molecular weight is 222 g/mol. The van der Waals surface area contributed by atoms with Crippen LogP contribution in [0.1, 0.15) is 31.4 Å². The number of fused-ring (bicyclic) bond motifs is 1. The van der Waals surface area contributed by atoms with Crippen LogP contribution in [0.2, 0.25) is 0 Å². The summed E-state index contributed by atoms with van der Waals surface area (Å²) in [5.41, 5.74) is 0.337. The van der Waals surface area contributed by atoms with Gasteiger partial charge in [-0.1, -0.05) is 0 Å². The van der Waals surface area contributed by atoms with Crippen LogP contribution in [0.4, 0.5) is 4.79 Å². The third-order valence-electron chi connectivity index (χ3n) is 3.54. The van der Waals surface area contributed by atoms with Gasteiger partial charge in [0.15, 0.2) is 11.7 Å². The van der Waals surface area contributed by atoms with Crippen molar-refractivity contribution in [3.05, 3.63) is 18.0 Å². The quantitative estimate of drug-likeness (QED) is 0.679. The summed E-state index contributed by atoms with van der Waals surface area (Å²) in [5, 5.41) is 4.14. The predicted molar refractivity (Wildman–Crippen MR) is 54.7 cm³/mol. The number of carbonyl (C=O) groups excluding carboxylic acids is 1. The van der Waals surface area contributed by atoms with Gasteiger partial charge >= 0.3 is 6.16 Å². The second-order valence-electron chi connectivity index (χ2n) is 4.43. The Morgan fingerprint density at radius 3 is 3.19 bits per heavy atom. The molecule has 1 aliphatic heterocycles. The first-order valence-corrected chi connectivity index (χ1v) is 5.60. The van der Waals surface area contributed by atoms with E-state index in [9.17, 15) is 4.79 Å². The Morgan fingerprint density at radius 1 is 1.56 bits per heavy atom. The van der Waals surface area contributed by atoms with Crippen LogP contribution in [0.5, 0.6) is 0 Å². The van der Waals surface area contributed by atoms with Crippen molar-refractivity contribution >= 4 is 6.16 Å². The van der Waals surface area contributed by atoms with Crippen LogP contribution in [-0.2, 0) is 22.1 Å². The molecule has 1 aromatic heterocycles. The fraction of sp³-hybridized carbons (Fsp3) is 0.636. The summed E-state index contributed by atoms with van der Waals surface area (Å²) in [6.07, 6.45) is 4.86. The maximum Gasteiger partial charge on any atom is 0.509 e. The van der Waals surface area contributed by atoms with Crippen LogP contribution in [0.15, 0.2) is 12.3 Å². The fourth-order valence-electron chi connectivity index (χ4n) is 2.81. The monoisotopic (exact) mass is 222 g/mol. The topological polar surface area (TPSA) is 53.4 Å². The van der Waals surface area contributed by atoms with Gasteiger partial charge in [-0.15, -0.1) is 0 Å². The van der Waals surface area contributed by atoms with Crippen molar-refractivity contribution in [1.29, 1.82) is 0 Å². The highest BCUT2D eigenvalue weighted by atomic mass is 16.8. The van der Waals surface area contributed by atoms with Gasteiger partial charge in [-0.25, -0.2) is 4.79 Å². The van der Waals surface area contributed by atoms with Gasteiger partial charge in [0.1, 0.15) is 0 Å². The van der Waals surface area contributed by atoms with Crippen molar-refractivity contribution in [3.63, 3.8) is 0 Å². The second-order valence-corrected chi connectivity index (χ2v) is 4.43. The molecule has 0 spiro atoms. The minimum Gasteiger partial charge on any atom is -0.426 e. The molecule has 1 saturated carbocycles. The van der Waals surface area contributed by atoms with E-state index in [4.69, 9.17) is 9.47 Å². The molecule has 0 N–H and O–H groups in total. The molecule has 2 heterocycles. The highest BCUT2D eigenvalue weighted by Crippen LogP contribution is 2.46. The van der Waals surface area contributed by atoms with Gasteiger partial charge in [-0.05, 0) is 31.7 Å². The summed E-state index contributed by atoms with van der Waals surface area (Å²) in [7, 11) is 1.86. The molecular formula is C11H14N2O3. The lowest BCUT2D eigenvalue weighted by atomic mass is 9.80. The molecule has 3 rings (SSSR count). The molecule has 5 nitrogen and oxygen atoms in total. The van der Waals surface area contributed by atoms with E-state index in [2.05, 4.69) is 5.10 Å². The number of carbonyl (C=O) groups is 1. The Hall–Kier alpha value is -1.52.